The first-order chi connectivity index (χ1) is 8.45. The van der Waals surface area contributed by atoms with Crippen molar-refractivity contribution in [2.75, 3.05) is 18.9 Å². The lowest BCUT2D eigenvalue weighted by Crippen LogP contribution is -2.19. The van der Waals surface area contributed by atoms with Gasteiger partial charge in [-0.3, -0.25) is 4.79 Å². The number of aromatic carboxylic acids is 1. The Balaban J connectivity index is 2.87. The molecule has 0 aliphatic rings. The highest BCUT2D eigenvalue weighted by molar-refractivity contribution is 5.92. The first kappa shape index (κ1) is 14.0. The van der Waals surface area contributed by atoms with Crippen LogP contribution in [0, 0.1) is 11.6 Å². The number of nitrogens with one attached hydrogen (secondary N) is 2. The van der Waals surface area contributed by atoms with E-state index in [0.717, 1.165) is 12.1 Å². The van der Waals surface area contributed by atoms with E-state index in [1.54, 1.807) is 7.05 Å². The van der Waals surface area contributed by atoms with Gasteiger partial charge in [-0.2, -0.15) is 0 Å². The molecule has 0 saturated carbocycles. The predicted molar refractivity (Wildman–Crippen MR) is 60.5 cm³/mol. The largest absolute Gasteiger partial charge is 0.477 e. The molecule has 3 N–H and O–H groups in total. The van der Waals surface area contributed by atoms with Crippen LogP contribution in [0.2, 0.25) is 0 Å². The molecule has 1 aromatic rings. The smallest absolute Gasteiger partial charge is 0.341 e. The molecule has 98 valence electrons. The number of carboxylic acid groups (broad SMARTS) is 1. The lowest BCUT2D eigenvalue weighted by Gasteiger charge is -2.07. The van der Waals surface area contributed by atoms with Gasteiger partial charge in [0.05, 0.1) is 0 Å². The van der Waals surface area contributed by atoms with Crippen molar-refractivity contribution in [1.82, 2.24) is 5.32 Å². The highest BCUT2D eigenvalue weighted by Crippen LogP contribution is 2.19. The van der Waals surface area contributed by atoms with E-state index >= 15 is 0 Å². The fourth-order valence-corrected chi connectivity index (χ4v) is 1.31. The topological polar surface area (TPSA) is 78.4 Å². The summed E-state index contributed by atoms with van der Waals surface area (Å²) in [6.07, 6.45) is 0.139. The molecule has 0 bridgehead atoms. The molecule has 1 amide bonds. The van der Waals surface area contributed by atoms with E-state index in [4.69, 9.17) is 5.11 Å². The highest BCUT2D eigenvalue weighted by Gasteiger charge is 2.18. The Labute approximate surface area is 102 Å². The number of carbonyl (C=O) groups excluding carboxylic acids is 1. The normalized spacial score (nSPS) is 10.2. The minimum Gasteiger partial charge on any atom is -0.477 e. The van der Waals surface area contributed by atoms with Gasteiger partial charge < -0.3 is 15.7 Å². The van der Waals surface area contributed by atoms with Crippen LogP contribution in [0.15, 0.2) is 12.1 Å². The molecular formula is C11H12F2N2O3. The fourth-order valence-electron chi connectivity index (χ4n) is 1.31. The van der Waals surface area contributed by atoms with Crippen LogP contribution >= 0.6 is 0 Å². The molecule has 1 rings (SSSR count). The van der Waals surface area contributed by atoms with Gasteiger partial charge in [0, 0.05) is 18.7 Å². The number of hydrogen-bond acceptors (Lipinski definition) is 3. The van der Waals surface area contributed by atoms with E-state index < -0.39 is 29.1 Å². The van der Waals surface area contributed by atoms with E-state index in [-0.39, 0.29) is 12.1 Å². The molecule has 0 unspecified atom stereocenters. The van der Waals surface area contributed by atoms with Crippen LogP contribution in [-0.2, 0) is 4.79 Å². The van der Waals surface area contributed by atoms with Gasteiger partial charge in [-0.1, -0.05) is 0 Å². The van der Waals surface area contributed by atoms with Crippen molar-refractivity contribution in [3.8, 4) is 0 Å². The van der Waals surface area contributed by atoms with Crippen molar-refractivity contribution in [3.63, 3.8) is 0 Å². The maximum absolute atomic E-state index is 13.3. The zero-order valence-corrected chi connectivity index (χ0v) is 9.59. The summed E-state index contributed by atoms with van der Waals surface area (Å²) in [7, 11) is 1.66. The SMILES string of the molecule is CNCCC(=O)Nc1cc(F)c(C(=O)O)c(F)c1. The zero-order valence-electron chi connectivity index (χ0n) is 9.59. The second kappa shape index (κ2) is 6.06. The average Bonchev–Trinajstić information content (AvgIpc) is 2.24. The molecule has 0 atom stereocenters. The molecule has 0 aliphatic heterocycles. The number of amides is 1. The van der Waals surface area contributed by atoms with Crippen molar-refractivity contribution in [3.05, 3.63) is 29.3 Å². The first-order valence-corrected chi connectivity index (χ1v) is 5.12. The number of benzene rings is 1. The predicted octanol–water partition coefficient (Wildman–Crippen LogP) is 1.21. The van der Waals surface area contributed by atoms with E-state index in [9.17, 15) is 18.4 Å². The van der Waals surface area contributed by atoms with Crippen molar-refractivity contribution in [1.29, 1.82) is 0 Å². The quantitative estimate of drug-likeness (QED) is 0.741. The molecule has 7 heteroatoms. The Kier molecular flexibility index (Phi) is 4.73. The van der Waals surface area contributed by atoms with Gasteiger partial charge in [-0.05, 0) is 19.2 Å². The summed E-state index contributed by atoms with van der Waals surface area (Å²) >= 11 is 0. The summed E-state index contributed by atoms with van der Waals surface area (Å²) in [5, 5.41) is 13.6. The van der Waals surface area contributed by atoms with Crippen molar-refractivity contribution in [2.24, 2.45) is 0 Å². The van der Waals surface area contributed by atoms with E-state index in [0.29, 0.717) is 6.54 Å². The van der Waals surface area contributed by atoms with Crippen LogP contribution in [0.5, 0.6) is 0 Å². The molecule has 0 aliphatic carbocycles. The third kappa shape index (κ3) is 3.49. The van der Waals surface area contributed by atoms with Gasteiger partial charge in [0.15, 0.2) is 0 Å². The number of carbonyl (C=O) groups is 2. The molecule has 0 saturated heterocycles. The van der Waals surface area contributed by atoms with Gasteiger partial charge in [-0.25, -0.2) is 13.6 Å². The van der Waals surface area contributed by atoms with E-state index in [1.165, 1.54) is 0 Å². The van der Waals surface area contributed by atoms with Crippen LogP contribution in [0.3, 0.4) is 0 Å². The minimum absolute atomic E-state index is 0.115. The zero-order chi connectivity index (χ0) is 13.7. The van der Waals surface area contributed by atoms with Crippen molar-refractivity contribution < 1.29 is 23.5 Å². The van der Waals surface area contributed by atoms with Crippen LogP contribution < -0.4 is 10.6 Å². The van der Waals surface area contributed by atoms with Crippen LogP contribution in [0.4, 0.5) is 14.5 Å². The third-order valence-corrected chi connectivity index (χ3v) is 2.14. The Bertz CT molecular complexity index is 454. The van der Waals surface area contributed by atoms with Crippen LogP contribution in [0.1, 0.15) is 16.8 Å². The highest BCUT2D eigenvalue weighted by atomic mass is 19.1. The average molecular weight is 258 g/mol. The van der Waals surface area contributed by atoms with Gasteiger partial charge in [-0.15, -0.1) is 0 Å². The lowest BCUT2D eigenvalue weighted by molar-refractivity contribution is -0.116. The van der Waals surface area contributed by atoms with E-state index in [1.807, 2.05) is 0 Å². The number of rotatable bonds is 5. The van der Waals surface area contributed by atoms with Crippen LogP contribution in [-0.4, -0.2) is 30.6 Å². The maximum atomic E-state index is 13.3. The number of hydrogen-bond donors (Lipinski definition) is 3. The minimum atomic E-state index is -1.70. The first-order valence-electron chi connectivity index (χ1n) is 5.12. The second-order valence-corrected chi connectivity index (χ2v) is 3.52. The van der Waals surface area contributed by atoms with Crippen molar-refractivity contribution in [2.45, 2.75) is 6.42 Å². The summed E-state index contributed by atoms with van der Waals surface area (Å²) < 4.78 is 26.6. The van der Waals surface area contributed by atoms with E-state index in [2.05, 4.69) is 10.6 Å². The number of anilines is 1. The summed E-state index contributed by atoms with van der Waals surface area (Å²) in [4.78, 5) is 21.8. The fraction of sp³-hybridized carbons (Fsp3) is 0.273. The Morgan fingerprint density at radius 2 is 1.83 bits per heavy atom. The molecule has 18 heavy (non-hydrogen) atoms. The van der Waals surface area contributed by atoms with Gasteiger partial charge in [0.2, 0.25) is 5.91 Å². The summed E-state index contributed by atoms with van der Waals surface area (Å²) in [6, 6.07) is 1.54. The monoisotopic (exact) mass is 258 g/mol. The molecule has 5 nitrogen and oxygen atoms in total. The second-order valence-electron chi connectivity index (χ2n) is 3.52. The molecular weight excluding hydrogens is 246 g/mol. The molecule has 0 aromatic heterocycles. The molecule has 0 spiro atoms. The van der Waals surface area contributed by atoms with Gasteiger partial charge in [0.25, 0.3) is 0 Å². The number of carboxylic acids is 1. The van der Waals surface area contributed by atoms with Crippen LogP contribution in [0.25, 0.3) is 0 Å². The lowest BCUT2D eigenvalue weighted by atomic mass is 10.1. The summed E-state index contributed by atoms with van der Waals surface area (Å²) in [5.74, 6) is -4.58. The summed E-state index contributed by atoms with van der Waals surface area (Å²) in [5.41, 5.74) is -1.15. The van der Waals surface area contributed by atoms with Crippen molar-refractivity contribution >= 4 is 17.6 Å². The Morgan fingerprint density at radius 3 is 2.28 bits per heavy atom. The molecule has 0 radical (unpaired) electrons. The Morgan fingerprint density at radius 1 is 1.28 bits per heavy atom. The maximum Gasteiger partial charge on any atom is 0.341 e. The molecule has 1 aromatic carbocycles. The Hall–Kier alpha value is -2.02. The molecule has 0 fully saturated rings. The number of halogens is 2. The molecule has 0 heterocycles. The standard InChI is InChI=1S/C11H12F2N2O3/c1-14-3-2-9(16)15-6-4-7(12)10(11(17)18)8(13)5-6/h4-5,14H,2-3H2,1H3,(H,15,16)(H,17,18). The van der Waals surface area contributed by atoms with Gasteiger partial charge >= 0.3 is 5.97 Å². The third-order valence-electron chi connectivity index (χ3n) is 2.14. The van der Waals surface area contributed by atoms with Gasteiger partial charge in [0.1, 0.15) is 17.2 Å². The summed E-state index contributed by atoms with van der Waals surface area (Å²) in [6.45, 7) is 0.421.